The molecule has 0 spiro atoms. The lowest BCUT2D eigenvalue weighted by molar-refractivity contribution is 0.542. The lowest BCUT2D eigenvalue weighted by Crippen LogP contribution is -2.06. The molecule has 0 fully saturated rings. The van der Waals surface area contributed by atoms with Gasteiger partial charge in [0.25, 0.3) is 0 Å². The van der Waals surface area contributed by atoms with Crippen molar-refractivity contribution in [1.82, 2.24) is 0 Å². The minimum atomic E-state index is 0.206. The number of allylic oxidation sites excluding steroid dienone is 1. The third-order valence-electron chi connectivity index (χ3n) is 1.59. The molecule has 0 N–H and O–H groups in total. The Morgan fingerprint density at radius 3 is 2.10 bits per heavy atom. The standard InChI is InChI=1S/C10H14/c1-6-9(5)10(7-2)8(3)4/h2,8,10H,1H2,3-5H3. The van der Waals surface area contributed by atoms with Crippen molar-refractivity contribution in [3.8, 4) is 12.3 Å². The first-order valence-electron chi connectivity index (χ1n) is 3.46. The lowest BCUT2D eigenvalue weighted by atomic mass is 9.90. The van der Waals surface area contributed by atoms with Gasteiger partial charge in [-0.3, -0.25) is 0 Å². The van der Waals surface area contributed by atoms with Crippen molar-refractivity contribution in [2.75, 3.05) is 0 Å². The van der Waals surface area contributed by atoms with Gasteiger partial charge < -0.3 is 0 Å². The van der Waals surface area contributed by atoms with E-state index in [9.17, 15) is 0 Å². The van der Waals surface area contributed by atoms with Crippen LogP contribution in [0.4, 0.5) is 0 Å². The summed E-state index contributed by atoms with van der Waals surface area (Å²) >= 11 is 0. The SMILES string of the molecule is C#CC(C(C)=C=C)C(C)C. The predicted octanol–water partition coefficient (Wildman–Crippen LogP) is 2.62. The first-order valence-corrected chi connectivity index (χ1v) is 3.46. The Morgan fingerprint density at radius 1 is 1.50 bits per heavy atom. The molecule has 0 aliphatic carbocycles. The summed E-state index contributed by atoms with van der Waals surface area (Å²) in [7, 11) is 0. The van der Waals surface area contributed by atoms with Crippen LogP contribution in [0.1, 0.15) is 20.8 Å². The van der Waals surface area contributed by atoms with Crippen LogP contribution in [0.5, 0.6) is 0 Å². The Balaban J connectivity index is 4.41. The van der Waals surface area contributed by atoms with Gasteiger partial charge in [-0.1, -0.05) is 26.3 Å². The maximum atomic E-state index is 5.31. The van der Waals surface area contributed by atoms with E-state index in [1.54, 1.807) is 0 Å². The first-order chi connectivity index (χ1) is 4.63. The molecule has 1 unspecified atom stereocenters. The molecule has 0 aromatic carbocycles. The Bertz CT molecular complexity index is 185. The summed E-state index contributed by atoms with van der Waals surface area (Å²) in [6.45, 7) is 9.73. The fourth-order valence-corrected chi connectivity index (χ4v) is 0.927. The van der Waals surface area contributed by atoms with E-state index in [2.05, 4.69) is 32.1 Å². The second kappa shape index (κ2) is 3.99. The number of hydrogen-bond donors (Lipinski definition) is 0. The summed E-state index contributed by atoms with van der Waals surface area (Å²) in [4.78, 5) is 0. The smallest absolute Gasteiger partial charge is 0.0504 e. The van der Waals surface area contributed by atoms with Crippen LogP contribution in [-0.4, -0.2) is 0 Å². The summed E-state index contributed by atoms with van der Waals surface area (Å²) in [5.74, 6) is 3.40. The van der Waals surface area contributed by atoms with E-state index < -0.39 is 0 Å². The zero-order chi connectivity index (χ0) is 8.15. The molecule has 0 saturated carbocycles. The van der Waals surface area contributed by atoms with Gasteiger partial charge in [-0.15, -0.1) is 12.2 Å². The molecule has 0 heteroatoms. The number of terminal acetylenes is 1. The monoisotopic (exact) mass is 134 g/mol. The van der Waals surface area contributed by atoms with Crippen LogP contribution in [0, 0.1) is 24.2 Å². The minimum Gasteiger partial charge on any atom is -0.129 e. The van der Waals surface area contributed by atoms with Gasteiger partial charge in [0.15, 0.2) is 0 Å². The third-order valence-corrected chi connectivity index (χ3v) is 1.59. The van der Waals surface area contributed by atoms with Gasteiger partial charge in [0.05, 0.1) is 5.92 Å². The Labute approximate surface area is 63.6 Å². The summed E-state index contributed by atoms with van der Waals surface area (Å²) in [6, 6.07) is 0. The van der Waals surface area contributed by atoms with E-state index in [1.165, 1.54) is 0 Å². The van der Waals surface area contributed by atoms with Gasteiger partial charge in [0.2, 0.25) is 0 Å². The number of hydrogen-bond acceptors (Lipinski definition) is 0. The van der Waals surface area contributed by atoms with Crippen LogP contribution in [0.2, 0.25) is 0 Å². The summed E-state index contributed by atoms with van der Waals surface area (Å²) in [5.41, 5.74) is 3.89. The molecule has 0 aliphatic rings. The fourth-order valence-electron chi connectivity index (χ4n) is 0.927. The number of rotatable bonds is 2. The van der Waals surface area contributed by atoms with Gasteiger partial charge in [-0.25, -0.2) is 0 Å². The molecule has 10 heavy (non-hydrogen) atoms. The summed E-state index contributed by atoms with van der Waals surface area (Å²) in [6.07, 6.45) is 5.31. The van der Waals surface area contributed by atoms with Crippen LogP contribution in [-0.2, 0) is 0 Å². The van der Waals surface area contributed by atoms with E-state index in [1.807, 2.05) is 6.92 Å². The molecule has 0 aliphatic heterocycles. The van der Waals surface area contributed by atoms with E-state index >= 15 is 0 Å². The predicted molar refractivity (Wildman–Crippen MR) is 45.5 cm³/mol. The average molecular weight is 134 g/mol. The van der Waals surface area contributed by atoms with Gasteiger partial charge in [-0.05, 0) is 18.4 Å². The molecule has 0 heterocycles. The maximum Gasteiger partial charge on any atom is 0.0504 e. The highest BCUT2D eigenvalue weighted by Gasteiger charge is 2.10. The molecule has 0 aromatic rings. The van der Waals surface area contributed by atoms with Crippen LogP contribution in [0.15, 0.2) is 17.9 Å². The topological polar surface area (TPSA) is 0 Å². The highest BCUT2D eigenvalue weighted by Crippen LogP contribution is 2.17. The molecule has 0 amide bonds. The summed E-state index contributed by atoms with van der Waals surface area (Å²) in [5, 5.41) is 0. The highest BCUT2D eigenvalue weighted by molar-refractivity contribution is 5.14. The molecular formula is C10H14. The van der Waals surface area contributed by atoms with Gasteiger partial charge in [0, 0.05) is 0 Å². The Kier molecular flexibility index (Phi) is 3.62. The Hall–Kier alpha value is -0.920. The lowest BCUT2D eigenvalue weighted by Gasteiger charge is -2.12. The zero-order valence-electron chi connectivity index (χ0n) is 6.94. The van der Waals surface area contributed by atoms with Crippen molar-refractivity contribution in [1.29, 1.82) is 0 Å². The van der Waals surface area contributed by atoms with Crippen LogP contribution in [0.25, 0.3) is 0 Å². The molecule has 0 saturated heterocycles. The average Bonchev–Trinajstić information content (AvgIpc) is 1.88. The third kappa shape index (κ3) is 2.13. The van der Waals surface area contributed by atoms with E-state index in [4.69, 9.17) is 6.42 Å². The summed E-state index contributed by atoms with van der Waals surface area (Å²) < 4.78 is 0. The molecule has 0 nitrogen and oxygen atoms in total. The fraction of sp³-hybridized carbons (Fsp3) is 0.500. The molecule has 0 aromatic heterocycles. The van der Waals surface area contributed by atoms with Crippen molar-refractivity contribution in [2.24, 2.45) is 11.8 Å². The van der Waals surface area contributed by atoms with E-state index in [0.717, 1.165) is 5.57 Å². The maximum absolute atomic E-state index is 5.31. The van der Waals surface area contributed by atoms with Crippen LogP contribution < -0.4 is 0 Å². The van der Waals surface area contributed by atoms with Gasteiger partial charge in [-0.2, -0.15) is 0 Å². The van der Waals surface area contributed by atoms with Crippen molar-refractivity contribution >= 4 is 0 Å². The molecule has 0 bridgehead atoms. The van der Waals surface area contributed by atoms with E-state index in [-0.39, 0.29) is 5.92 Å². The second-order valence-corrected chi connectivity index (χ2v) is 2.75. The molecule has 0 radical (unpaired) electrons. The van der Waals surface area contributed by atoms with Crippen molar-refractivity contribution < 1.29 is 0 Å². The minimum absolute atomic E-state index is 0.206. The zero-order valence-corrected chi connectivity index (χ0v) is 6.94. The second-order valence-electron chi connectivity index (χ2n) is 2.75. The molecule has 1 atom stereocenters. The van der Waals surface area contributed by atoms with Crippen LogP contribution >= 0.6 is 0 Å². The normalized spacial score (nSPS) is 11.9. The van der Waals surface area contributed by atoms with Crippen molar-refractivity contribution in [3.63, 3.8) is 0 Å². The van der Waals surface area contributed by atoms with Gasteiger partial charge >= 0.3 is 0 Å². The molecular weight excluding hydrogens is 120 g/mol. The largest absolute Gasteiger partial charge is 0.129 e. The molecule has 0 rings (SSSR count). The van der Waals surface area contributed by atoms with Crippen molar-refractivity contribution in [3.05, 3.63) is 17.9 Å². The first kappa shape index (κ1) is 9.08. The molecule has 54 valence electrons. The van der Waals surface area contributed by atoms with Crippen molar-refractivity contribution in [2.45, 2.75) is 20.8 Å². The van der Waals surface area contributed by atoms with E-state index in [0.29, 0.717) is 5.92 Å². The van der Waals surface area contributed by atoms with Crippen LogP contribution in [0.3, 0.4) is 0 Å². The quantitative estimate of drug-likeness (QED) is 0.402. The van der Waals surface area contributed by atoms with Gasteiger partial charge in [0.1, 0.15) is 0 Å². The Morgan fingerprint density at radius 2 is 2.00 bits per heavy atom. The highest BCUT2D eigenvalue weighted by atomic mass is 14.1.